The van der Waals surface area contributed by atoms with E-state index in [1.807, 2.05) is 0 Å². The Morgan fingerprint density at radius 2 is 2.15 bits per heavy atom. The molecular formula is C17H14FN5O2S2. The maximum Gasteiger partial charge on any atom is 0.277 e. The van der Waals surface area contributed by atoms with E-state index in [4.69, 9.17) is 4.42 Å². The lowest BCUT2D eigenvalue weighted by molar-refractivity contribution is 0.462. The highest BCUT2D eigenvalue weighted by molar-refractivity contribution is 7.98. The molecule has 0 aliphatic carbocycles. The smallest absolute Gasteiger partial charge is 0.277 e. The standard InChI is InChI=1S/C17H14FN5O2S2/c1-2-5-13-22-23-14(24)8-10(19-16(23)27-13)9-26-17-21-20-15(25-17)11-6-3-4-7-12(11)18/h3-4,6-8H,2,5,9H2,1H3. The van der Waals surface area contributed by atoms with E-state index in [0.29, 0.717) is 16.4 Å². The third kappa shape index (κ3) is 3.76. The van der Waals surface area contributed by atoms with Crippen molar-refractivity contribution >= 4 is 28.1 Å². The molecule has 7 nitrogen and oxygen atoms in total. The Labute approximate surface area is 161 Å². The Morgan fingerprint density at radius 1 is 1.30 bits per heavy atom. The van der Waals surface area contributed by atoms with Gasteiger partial charge in [-0.2, -0.15) is 9.61 Å². The second-order valence-corrected chi connectivity index (χ2v) is 7.63. The number of nitrogens with zero attached hydrogens (tertiary/aromatic N) is 5. The summed E-state index contributed by atoms with van der Waals surface area (Å²) in [7, 11) is 0. The fourth-order valence-electron chi connectivity index (χ4n) is 2.43. The monoisotopic (exact) mass is 403 g/mol. The maximum absolute atomic E-state index is 13.8. The Hall–Kier alpha value is -2.59. The van der Waals surface area contributed by atoms with Crippen molar-refractivity contribution in [1.82, 2.24) is 24.8 Å². The molecule has 0 saturated heterocycles. The first kappa shape index (κ1) is 17.8. The van der Waals surface area contributed by atoms with Gasteiger partial charge in [-0.1, -0.05) is 42.2 Å². The van der Waals surface area contributed by atoms with Crippen LogP contribution >= 0.6 is 23.1 Å². The number of hydrogen-bond acceptors (Lipinski definition) is 8. The number of aryl methyl sites for hydroxylation is 1. The molecule has 0 aliphatic heterocycles. The van der Waals surface area contributed by atoms with Crippen molar-refractivity contribution in [1.29, 1.82) is 0 Å². The quantitative estimate of drug-likeness (QED) is 0.455. The van der Waals surface area contributed by atoms with Crippen LogP contribution in [-0.2, 0) is 12.2 Å². The van der Waals surface area contributed by atoms with Gasteiger partial charge in [-0.05, 0) is 18.6 Å². The van der Waals surface area contributed by atoms with Gasteiger partial charge in [-0.3, -0.25) is 4.79 Å². The van der Waals surface area contributed by atoms with E-state index < -0.39 is 5.82 Å². The molecule has 0 amide bonds. The van der Waals surface area contributed by atoms with Gasteiger partial charge in [0.05, 0.1) is 11.3 Å². The van der Waals surface area contributed by atoms with E-state index in [0.717, 1.165) is 17.8 Å². The van der Waals surface area contributed by atoms with Crippen LogP contribution in [0.3, 0.4) is 0 Å². The maximum atomic E-state index is 13.8. The van der Waals surface area contributed by atoms with E-state index >= 15 is 0 Å². The second kappa shape index (κ2) is 7.57. The first-order chi connectivity index (χ1) is 13.1. The minimum Gasteiger partial charge on any atom is -0.411 e. The van der Waals surface area contributed by atoms with E-state index in [9.17, 15) is 9.18 Å². The summed E-state index contributed by atoms with van der Waals surface area (Å²) in [4.78, 5) is 17.3. The number of aromatic nitrogens is 5. The Morgan fingerprint density at radius 3 is 2.96 bits per heavy atom. The minimum atomic E-state index is -0.425. The van der Waals surface area contributed by atoms with Gasteiger partial charge in [0, 0.05) is 18.2 Å². The molecule has 4 rings (SSSR count). The van der Waals surface area contributed by atoms with Crippen LogP contribution in [0.4, 0.5) is 4.39 Å². The summed E-state index contributed by atoms with van der Waals surface area (Å²) in [6.45, 7) is 2.06. The zero-order chi connectivity index (χ0) is 18.8. The summed E-state index contributed by atoms with van der Waals surface area (Å²) in [5, 5.41) is 13.3. The van der Waals surface area contributed by atoms with E-state index in [-0.39, 0.29) is 22.2 Å². The molecule has 0 bridgehead atoms. The van der Waals surface area contributed by atoms with Gasteiger partial charge in [0.1, 0.15) is 10.8 Å². The Kier molecular flexibility index (Phi) is 4.99. The molecule has 0 spiro atoms. The van der Waals surface area contributed by atoms with Gasteiger partial charge in [0.15, 0.2) is 0 Å². The van der Waals surface area contributed by atoms with Gasteiger partial charge < -0.3 is 4.42 Å². The van der Waals surface area contributed by atoms with E-state index in [2.05, 4.69) is 27.2 Å². The molecule has 0 fully saturated rings. The van der Waals surface area contributed by atoms with Crippen molar-refractivity contribution in [3.63, 3.8) is 0 Å². The summed E-state index contributed by atoms with van der Waals surface area (Å²) >= 11 is 2.65. The fourth-order valence-corrected chi connectivity index (χ4v) is 4.11. The highest BCUT2D eigenvalue weighted by Crippen LogP contribution is 2.26. The fraction of sp³-hybridized carbons (Fsp3) is 0.235. The number of benzene rings is 1. The predicted octanol–water partition coefficient (Wildman–Crippen LogP) is 3.58. The molecule has 10 heteroatoms. The van der Waals surface area contributed by atoms with Crippen LogP contribution in [0.1, 0.15) is 24.0 Å². The third-order valence-corrected chi connectivity index (χ3v) is 5.48. The van der Waals surface area contributed by atoms with Crippen molar-refractivity contribution < 1.29 is 8.81 Å². The molecule has 27 heavy (non-hydrogen) atoms. The number of rotatable bonds is 6. The van der Waals surface area contributed by atoms with Crippen molar-refractivity contribution in [2.45, 2.75) is 30.7 Å². The van der Waals surface area contributed by atoms with Crippen molar-refractivity contribution in [3.8, 4) is 11.5 Å². The molecule has 0 aliphatic rings. The summed E-state index contributed by atoms with van der Waals surface area (Å²) in [6, 6.07) is 7.65. The van der Waals surface area contributed by atoms with Gasteiger partial charge in [0.25, 0.3) is 16.7 Å². The molecule has 0 saturated carbocycles. The number of halogens is 1. The average Bonchev–Trinajstić information content (AvgIpc) is 3.28. The largest absolute Gasteiger partial charge is 0.411 e. The van der Waals surface area contributed by atoms with Crippen LogP contribution in [0.5, 0.6) is 0 Å². The zero-order valence-electron chi connectivity index (χ0n) is 14.3. The summed E-state index contributed by atoms with van der Waals surface area (Å²) in [5.41, 5.74) is 0.636. The van der Waals surface area contributed by atoms with Crippen LogP contribution in [0.15, 0.2) is 44.8 Å². The van der Waals surface area contributed by atoms with E-state index in [1.165, 1.54) is 39.7 Å². The van der Waals surface area contributed by atoms with Crippen LogP contribution in [0.2, 0.25) is 0 Å². The molecule has 1 aromatic carbocycles. The van der Waals surface area contributed by atoms with Crippen molar-refractivity contribution in [3.05, 3.63) is 57.2 Å². The summed E-state index contributed by atoms with van der Waals surface area (Å²) in [6.07, 6.45) is 1.77. The summed E-state index contributed by atoms with van der Waals surface area (Å²) < 4.78 is 20.6. The third-order valence-electron chi connectivity index (χ3n) is 3.66. The van der Waals surface area contributed by atoms with Gasteiger partial charge in [0.2, 0.25) is 4.96 Å². The topological polar surface area (TPSA) is 86.2 Å². The highest BCUT2D eigenvalue weighted by Gasteiger charge is 2.14. The molecule has 138 valence electrons. The Balaban J connectivity index is 1.52. The first-order valence-corrected chi connectivity index (χ1v) is 10.0. The molecule has 0 N–H and O–H groups in total. The summed E-state index contributed by atoms with van der Waals surface area (Å²) in [5.74, 6) is 0.0720. The normalized spacial score (nSPS) is 11.3. The lowest BCUT2D eigenvalue weighted by Gasteiger charge is -1.98. The van der Waals surface area contributed by atoms with Crippen LogP contribution in [-0.4, -0.2) is 24.8 Å². The first-order valence-electron chi connectivity index (χ1n) is 8.24. The lowest BCUT2D eigenvalue weighted by Crippen LogP contribution is -2.15. The predicted molar refractivity (Wildman–Crippen MR) is 100 cm³/mol. The SMILES string of the molecule is CCCc1nn2c(=O)cc(CSc3nnc(-c4ccccc4F)o3)nc2s1. The Bertz CT molecular complexity index is 1150. The molecule has 0 radical (unpaired) electrons. The van der Waals surface area contributed by atoms with Gasteiger partial charge in [-0.25, -0.2) is 9.37 Å². The second-order valence-electron chi connectivity index (χ2n) is 5.67. The number of hydrogen-bond donors (Lipinski definition) is 0. The molecule has 3 aromatic heterocycles. The van der Waals surface area contributed by atoms with Gasteiger partial charge in [-0.15, -0.1) is 10.2 Å². The van der Waals surface area contributed by atoms with Crippen LogP contribution in [0, 0.1) is 5.82 Å². The van der Waals surface area contributed by atoms with Crippen LogP contribution in [0.25, 0.3) is 16.4 Å². The van der Waals surface area contributed by atoms with Crippen molar-refractivity contribution in [2.24, 2.45) is 0 Å². The number of thioether (sulfide) groups is 1. The number of fused-ring (bicyclic) bond motifs is 1. The minimum absolute atomic E-state index is 0.116. The highest BCUT2D eigenvalue weighted by atomic mass is 32.2. The molecular weight excluding hydrogens is 389 g/mol. The zero-order valence-corrected chi connectivity index (χ0v) is 15.9. The van der Waals surface area contributed by atoms with E-state index in [1.54, 1.807) is 18.2 Å². The van der Waals surface area contributed by atoms with Crippen molar-refractivity contribution in [2.75, 3.05) is 0 Å². The van der Waals surface area contributed by atoms with Crippen LogP contribution < -0.4 is 5.56 Å². The average molecular weight is 403 g/mol. The molecule has 0 atom stereocenters. The lowest BCUT2D eigenvalue weighted by atomic mass is 10.2. The molecule has 4 aromatic rings. The van der Waals surface area contributed by atoms with Gasteiger partial charge >= 0.3 is 0 Å². The molecule has 3 heterocycles. The molecule has 0 unspecified atom stereocenters.